The van der Waals surface area contributed by atoms with Gasteiger partial charge >= 0.3 is 0 Å². The first-order chi connectivity index (χ1) is 10.3. The van der Waals surface area contributed by atoms with E-state index < -0.39 is 0 Å². The fraction of sp³-hybridized carbons (Fsp3) is 0.400. The highest BCUT2D eigenvalue weighted by molar-refractivity contribution is 6.27. The Morgan fingerprint density at radius 1 is 1.33 bits per heavy atom. The number of hydrogen-bond donors (Lipinski definition) is 0. The smallest absolute Gasteiger partial charge is 0.237 e. The lowest BCUT2D eigenvalue weighted by Gasteiger charge is -2.32. The van der Waals surface area contributed by atoms with Crippen molar-refractivity contribution < 1.29 is 4.79 Å². The molecule has 21 heavy (non-hydrogen) atoms. The van der Waals surface area contributed by atoms with Gasteiger partial charge in [0.1, 0.15) is 11.6 Å². The van der Waals surface area contributed by atoms with Gasteiger partial charge in [0.25, 0.3) is 0 Å². The summed E-state index contributed by atoms with van der Waals surface area (Å²) in [5.74, 6) is 0.0315. The molecule has 6 heteroatoms. The molecule has 3 rings (SSSR count). The minimum absolute atomic E-state index is 0.00948. The van der Waals surface area contributed by atoms with Gasteiger partial charge in [-0.3, -0.25) is 4.79 Å². The first-order valence-electron chi connectivity index (χ1n) is 7.09. The average Bonchev–Trinajstić information content (AvgIpc) is 3.05. The summed E-state index contributed by atoms with van der Waals surface area (Å²) in [6.07, 6.45) is 3.92. The highest BCUT2D eigenvalue weighted by atomic mass is 35.5. The molecule has 1 aromatic carbocycles. The van der Waals surface area contributed by atoms with Crippen molar-refractivity contribution in [3.8, 4) is 11.3 Å². The summed E-state index contributed by atoms with van der Waals surface area (Å²) in [5, 5.41) is 8.47. The molecule has 0 spiro atoms. The molecule has 2 heterocycles. The normalized spacial score (nSPS) is 18.7. The van der Waals surface area contributed by atoms with Gasteiger partial charge in [0.05, 0.1) is 12.2 Å². The molecule has 1 atom stereocenters. The van der Waals surface area contributed by atoms with Crippen molar-refractivity contribution in [3.63, 3.8) is 0 Å². The van der Waals surface area contributed by atoms with Gasteiger partial charge in [-0.05, 0) is 12.8 Å². The Morgan fingerprint density at radius 3 is 2.90 bits per heavy atom. The Bertz CT molecular complexity index is 613. The number of rotatable bonds is 3. The first-order valence-corrected chi connectivity index (χ1v) is 7.62. The lowest BCUT2D eigenvalue weighted by Crippen LogP contribution is -2.41. The fourth-order valence-electron chi connectivity index (χ4n) is 2.68. The summed E-state index contributed by atoms with van der Waals surface area (Å²) >= 11 is 5.64. The summed E-state index contributed by atoms with van der Waals surface area (Å²) in [6.45, 7) is 1.44. The minimum atomic E-state index is -0.00948. The summed E-state index contributed by atoms with van der Waals surface area (Å²) < 4.78 is 1.87. The molecule has 0 N–H and O–H groups in total. The van der Waals surface area contributed by atoms with E-state index in [0.717, 1.165) is 30.6 Å². The number of piperidine rings is 1. The van der Waals surface area contributed by atoms with Crippen LogP contribution < -0.4 is 0 Å². The minimum Gasteiger partial charge on any atom is -0.340 e. The van der Waals surface area contributed by atoms with Gasteiger partial charge < -0.3 is 4.90 Å². The van der Waals surface area contributed by atoms with Gasteiger partial charge in [-0.1, -0.05) is 35.5 Å². The molecular formula is C15H17ClN4O. The zero-order valence-electron chi connectivity index (χ0n) is 11.7. The molecule has 1 aliphatic rings. The van der Waals surface area contributed by atoms with Crippen molar-refractivity contribution in [2.24, 2.45) is 0 Å². The lowest BCUT2D eigenvalue weighted by molar-refractivity contribution is -0.130. The van der Waals surface area contributed by atoms with E-state index in [0.29, 0.717) is 6.54 Å². The van der Waals surface area contributed by atoms with Gasteiger partial charge in [-0.25, -0.2) is 4.68 Å². The lowest BCUT2D eigenvalue weighted by atomic mass is 10.1. The van der Waals surface area contributed by atoms with Gasteiger partial charge in [-0.2, -0.15) is 0 Å². The molecule has 110 valence electrons. The summed E-state index contributed by atoms with van der Waals surface area (Å²) in [5.41, 5.74) is 1.91. The molecule has 0 radical (unpaired) electrons. The first kappa shape index (κ1) is 14.1. The zero-order chi connectivity index (χ0) is 14.7. The third-order valence-electron chi connectivity index (χ3n) is 3.82. The molecular weight excluding hydrogens is 288 g/mol. The number of benzene rings is 1. The predicted octanol–water partition coefficient (Wildman–Crippen LogP) is 2.35. The monoisotopic (exact) mass is 304 g/mol. The Labute approximate surface area is 128 Å². The Hall–Kier alpha value is -1.88. The number of aromatic nitrogens is 3. The highest BCUT2D eigenvalue weighted by Gasteiger charge is 2.25. The van der Waals surface area contributed by atoms with E-state index in [9.17, 15) is 4.79 Å². The van der Waals surface area contributed by atoms with Gasteiger partial charge in [-0.15, -0.1) is 16.7 Å². The van der Waals surface area contributed by atoms with Crippen LogP contribution in [0, 0.1) is 0 Å². The third kappa shape index (κ3) is 3.08. The maximum Gasteiger partial charge on any atom is 0.237 e. The van der Waals surface area contributed by atoms with Crippen LogP contribution in [0.3, 0.4) is 0 Å². The number of alkyl halides is 1. The maximum absolute atomic E-state index is 11.7. The number of carbonyl (C=O) groups is 1. The fourth-order valence-corrected chi connectivity index (χ4v) is 2.85. The summed E-state index contributed by atoms with van der Waals surface area (Å²) in [7, 11) is 0. The van der Waals surface area contributed by atoms with E-state index in [1.54, 1.807) is 0 Å². The van der Waals surface area contributed by atoms with Crippen LogP contribution in [0.2, 0.25) is 0 Å². The van der Waals surface area contributed by atoms with E-state index in [4.69, 9.17) is 11.6 Å². The van der Waals surface area contributed by atoms with Crippen molar-refractivity contribution in [3.05, 3.63) is 36.5 Å². The third-order valence-corrected chi connectivity index (χ3v) is 4.05. The molecule has 1 fully saturated rings. The number of nitrogens with zero attached hydrogens (tertiary/aromatic N) is 4. The summed E-state index contributed by atoms with van der Waals surface area (Å²) in [4.78, 5) is 13.5. The topological polar surface area (TPSA) is 51.0 Å². The van der Waals surface area contributed by atoms with Gasteiger partial charge in [0.15, 0.2) is 0 Å². The molecule has 0 aliphatic carbocycles. The summed E-state index contributed by atoms with van der Waals surface area (Å²) in [6, 6.07) is 10.1. The number of halogens is 1. The van der Waals surface area contributed by atoms with E-state index >= 15 is 0 Å². The van der Waals surface area contributed by atoms with Gasteiger partial charge in [0.2, 0.25) is 5.91 Å². The van der Waals surface area contributed by atoms with Crippen molar-refractivity contribution >= 4 is 17.5 Å². The zero-order valence-corrected chi connectivity index (χ0v) is 12.4. The molecule has 1 aromatic heterocycles. The second-order valence-electron chi connectivity index (χ2n) is 5.22. The quantitative estimate of drug-likeness (QED) is 0.818. The van der Waals surface area contributed by atoms with E-state index in [-0.39, 0.29) is 17.8 Å². The SMILES string of the molecule is O=C(CCl)N1CCCC(n2cc(-c3ccccc3)nn2)C1. The van der Waals surface area contributed by atoms with Crippen LogP contribution in [-0.2, 0) is 4.79 Å². The van der Waals surface area contributed by atoms with Crippen LogP contribution in [0.15, 0.2) is 36.5 Å². The number of carbonyl (C=O) groups excluding carboxylic acids is 1. The molecule has 0 saturated carbocycles. The van der Waals surface area contributed by atoms with Crippen LogP contribution in [-0.4, -0.2) is 44.8 Å². The Balaban J connectivity index is 1.75. The van der Waals surface area contributed by atoms with E-state index in [2.05, 4.69) is 10.3 Å². The van der Waals surface area contributed by atoms with Crippen molar-refractivity contribution in [2.75, 3.05) is 19.0 Å². The number of amides is 1. The van der Waals surface area contributed by atoms with Crippen LogP contribution in [0.1, 0.15) is 18.9 Å². The average molecular weight is 305 g/mol. The van der Waals surface area contributed by atoms with E-state index in [1.807, 2.05) is 46.1 Å². The second kappa shape index (κ2) is 6.26. The van der Waals surface area contributed by atoms with Crippen LogP contribution >= 0.6 is 11.6 Å². The predicted molar refractivity (Wildman–Crippen MR) is 81.0 cm³/mol. The largest absolute Gasteiger partial charge is 0.340 e. The molecule has 1 saturated heterocycles. The number of likely N-dealkylation sites (tertiary alicyclic amines) is 1. The van der Waals surface area contributed by atoms with Crippen molar-refractivity contribution in [1.82, 2.24) is 19.9 Å². The maximum atomic E-state index is 11.7. The van der Waals surface area contributed by atoms with Gasteiger partial charge in [0, 0.05) is 18.7 Å². The molecule has 2 aromatic rings. The molecule has 1 amide bonds. The molecule has 0 bridgehead atoms. The van der Waals surface area contributed by atoms with Crippen LogP contribution in [0.4, 0.5) is 0 Å². The van der Waals surface area contributed by atoms with E-state index in [1.165, 1.54) is 0 Å². The second-order valence-corrected chi connectivity index (χ2v) is 5.49. The van der Waals surface area contributed by atoms with Crippen LogP contribution in [0.5, 0.6) is 0 Å². The van der Waals surface area contributed by atoms with Crippen molar-refractivity contribution in [2.45, 2.75) is 18.9 Å². The molecule has 5 nitrogen and oxygen atoms in total. The Morgan fingerprint density at radius 2 is 2.14 bits per heavy atom. The van der Waals surface area contributed by atoms with Crippen molar-refractivity contribution in [1.29, 1.82) is 0 Å². The Kier molecular flexibility index (Phi) is 4.20. The molecule has 1 aliphatic heterocycles. The van der Waals surface area contributed by atoms with Crippen LogP contribution in [0.25, 0.3) is 11.3 Å². The highest BCUT2D eigenvalue weighted by Crippen LogP contribution is 2.23. The molecule has 1 unspecified atom stereocenters. The number of hydrogen-bond acceptors (Lipinski definition) is 3. The standard InChI is InChI=1S/C15H17ClN4O/c16-9-15(21)19-8-4-7-13(10-19)20-11-14(17-18-20)12-5-2-1-3-6-12/h1-3,5-6,11,13H,4,7-10H2.